The Balaban J connectivity index is 2.30. The van der Waals surface area contributed by atoms with Gasteiger partial charge in [-0.1, -0.05) is 30.3 Å². The maximum absolute atomic E-state index is 9.15. The molecule has 23 heavy (non-hydrogen) atoms. The quantitative estimate of drug-likeness (QED) is 0.783. The molecule has 0 saturated heterocycles. The summed E-state index contributed by atoms with van der Waals surface area (Å²) in [5, 5.41) is 9.15. The van der Waals surface area contributed by atoms with E-state index in [1.54, 1.807) is 26.4 Å². The molecule has 2 rings (SSSR count). The van der Waals surface area contributed by atoms with Crippen LogP contribution in [0.4, 0.5) is 0 Å². The van der Waals surface area contributed by atoms with Crippen LogP contribution < -0.4 is 19.9 Å². The second-order valence-electron chi connectivity index (χ2n) is 5.14. The Morgan fingerprint density at radius 2 is 1.65 bits per heavy atom. The van der Waals surface area contributed by atoms with Crippen LogP contribution in [0.2, 0.25) is 0 Å². The molecule has 0 saturated carbocycles. The van der Waals surface area contributed by atoms with Gasteiger partial charge in [-0.3, -0.25) is 0 Å². The number of hydrogen-bond acceptors (Lipinski definition) is 5. The second kappa shape index (κ2) is 8.41. The van der Waals surface area contributed by atoms with Crippen LogP contribution in [0.1, 0.15) is 23.6 Å². The fraction of sp³-hybridized carbons (Fsp3) is 0.333. The van der Waals surface area contributed by atoms with Crippen LogP contribution in [0.15, 0.2) is 42.5 Å². The van der Waals surface area contributed by atoms with Crippen molar-refractivity contribution in [2.45, 2.75) is 19.1 Å². The Hall–Kier alpha value is -2.24. The van der Waals surface area contributed by atoms with E-state index in [-0.39, 0.29) is 12.6 Å². The van der Waals surface area contributed by atoms with Gasteiger partial charge in [-0.05, 0) is 18.1 Å². The Morgan fingerprint density at radius 3 is 2.26 bits per heavy atom. The Labute approximate surface area is 136 Å². The lowest BCUT2D eigenvalue weighted by Gasteiger charge is -2.19. The van der Waals surface area contributed by atoms with Crippen molar-refractivity contribution < 1.29 is 19.3 Å². The van der Waals surface area contributed by atoms with Crippen molar-refractivity contribution in [3.63, 3.8) is 0 Å². The Morgan fingerprint density at radius 1 is 1.00 bits per heavy atom. The molecule has 0 radical (unpaired) electrons. The Bertz CT molecular complexity index is 616. The van der Waals surface area contributed by atoms with Crippen molar-refractivity contribution in [3.8, 4) is 17.2 Å². The predicted molar refractivity (Wildman–Crippen MR) is 89.0 cm³/mol. The minimum atomic E-state index is -0.342. The summed E-state index contributed by atoms with van der Waals surface area (Å²) < 4.78 is 16.6. The SMILES string of the molecule is COc1cc(OCc2ccccc2)c([C@@H](N)CCO)cc1OC. The molecule has 2 aromatic carbocycles. The molecule has 0 bridgehead atoms. The summed E-state index contributed by atoms with van der Waals surface area (Å²) in [6.45, 7) is 0.433. The highest BCUT2D eigenvalue weighted by Gasteiger charge is 2.17. The van der Waals surface area contributed by atoms with Crippen molar-refractivity contribution in [2.24, 2.45) is 5.73 Å². The number of benzene rings is 2. The molecular formula is C18H23NO4. The summed E-state index contributed by atoms with van der Waals surface area (Å²) in [5.74, 6) is 1.80. The van der Waals surface area contributed by atoms with Crippen molar-refractivity contribution in [2.75, 3.05) is 20.8 Å². The van der Waals surface area contributed by atoms with E-state index < -0.39 is 0 Å². The molecule has 2 aromatic rings. The maximum Gasteiger partial charge on any atom is 0.164 e. The van der Waals surface area contributed by atoms with Gasteiger partial charge in [0.15, 0.2) is 11.5 Å². The van der Waals surface area contributed by atoms with Crippen LogP contribution in [0.25, 0.3) is 0 Å². The third-order valence-corrected chi connectivity index (χ3v) is 3.59. The highest BCUT2D eigenvalue weighted by atomic mass is 16.5. The highest BCUT2D eigenvalue weighted by molar-refractivity contribution is 5.51. The zero-order valence-electron chi connectivity index (χ0n) is 13.5. The minimum Gasteiger partial charge on any atom is -0.493 e. The van der Waals surface area contributed by atoms with Gasteiger partial charge < -0.3 is 25.1 Å². The van der Waals surface area contributed by atoms with Gasteiger partial charge in [0.1, 0.15) is 12.4 Å². The van der Waals surface area contributed by atoms with E-state index in [9.17, 15) is 0 Å². The normalized spacial score (nSPS) is 11.8. The molecule has 0 fully saturated rings. The summed E-state index contributed by atoms with van der Waals surface area (Å²) in [6.07, 6.45) is 0.442. The summed E-state index contributed by atoms with van der Waals surface area (Å²) in [5.41, 5.74) is 8.00. The summed E-state index contributed by atoms with van der Waals surface area (Å²) >= 11 is 0. The number of ether oxygens (including phenoxy) is 3. The van der Waals surface area contributed by atoms with Crippen molar-refractivity contribution in [3.05, 3.63) is 53.6 Å². The first kappa shape index (κ1) is 17.1. The summed E-state index contributed by atoms with van der Waals surface area (Å²) in [6, 6.07) is 13.1. The lowest BCUT2D eigenvalue weighted by Crippen LogP contribution is -2.14. The number of methoxy groups -OCH3 is 2. The van der Waals surface area contributed by atoms with Crippen LogP contribution >= 0.6 is 0 Å². The molecule has 0 aromatic heterocycles. The highest BCUT2D eigenvalue weighted by Crippen LogP contribution is 2.38. The fourth-order valence-corrected chi connectivity index (χ4v) is 2.32. The van der Waals surface area contributed by atoms with Gasteiger partial charge in [-0.2, -0.15) is 0 Å². The van der Waals surface area contributed by atoms with Crippen LogP contribution in [-0.2, 0) is 6.61 Å². The van der Waals surface area contributed by atoms with Gasteiger partial charge in [0.05, 0.1) is 14.2 Å². The van der Waals surface area contributed by atoms with E-state index in [2.05, 4.69) is 0 Å². The maximum atomic E-state index is 9.15. The lowest BCUT2D eigenvalue weighted by atomic mass is 10.0. The molecule has 0 aliphatic rings. The van der Waals surface area contributed by atoms with E-state index in [1.807, 2.05) is 30.3 Å². The number of nitrogens with two attached hydrogens (primary N) is 1. The minimum absolute atomic E-state index is 0.00758. The number of rotatable bonds is 8. The van der Waals surface area contributed by atoms with Crippen molar-refractivity contribution >= 4 is 0 Å². The number of aliphatic hydroxyl groups excluding tert-OH is 1. The first-order chi connectivity index (χ1) is 11.2. The second-order valence-corrected chi connectivity index (χ2v) is 5.14. The fourth-order valence-electron chi connectivity index (χ4n) is 2.32. The standard InChI is InChI=1S/C18H23NO4/c1-21-17-10-14(15(19)8-9-20)16(11-18(17)22-2)23-12-13-6-4-3-5-7-13/h3-7,10-11,15,20H,8-9,12,19H2,1-2H3/t15-/m0/s1. The van der Waals surface area contributed by atoms with E-state index in [4.69, 9.17) is 25.1 Å². The third-order valence-electron chi connectivity index (χ3n) is 3.59. The average molecular weight is 317 g/mol. The van der Waals surface area contributed by atoms with Gasteiger partial charge in [0.2, 0.25) is 0 Å². The van der Waals surface area contributed by atoms with Crippen LogP contribution in [0.3, 0.4) is 0 Å². The topological polar surface area (TPSA) is 73.9 Å². The van der Waals surface area contributed by atoms with Crippen LogP contribution in [-0.4, -0.2) is 25.9 Å². The third kappa shape index (κ3) is 4.37. The molecule has 0 heterocycles. The molecule has 5 nitrogen and oxygen atoms in total. The van der Waals surface area contributed by atoms with E-state index in [0.717, 1.165) is 11.1 Å². The van der Waals surface area contributed by atoms with Gasteiger partial charge in [0, 0.05) is 24.3 Å². The molecule has 0 spiro atoms. The van der Waals surface area contributed by atoms with Crippen molar-refractivity contribution in [1.29, 1.82) is 0 Å². The molecular weight excluding hydrogens is 294 g/mol. The molecule has 124 valence electrons. The van der Waals surface area contributed by atoms with E-state index in [1.165, 1.54) is 0 Å². The van der Waals surface area contributed by atoms with E-state index in [0.29, 0.717) is 30.3 Å². The van der Waals surface area contributed by atoms with Gasteiger partial charge in [-0.25, -0.2) is 0 Å². The molecule has 1 atom stereocenters. The van der Waals surface area contributed by atoms with Crippen LogP contribution in [0.5, 0.6) is 17.2 Å². The number of aliphatic hydroxyl groups is 1. The van der Waals surface area contributed by atoms with Gasteiger partial charge >= 0.3 is 0 Å². The molecule has 0 aliphatic heterocycles. The first-order valence-corrected chi connectivity index (χ1v) is 7.48. The van der Waals surface area contributed by atoms with Crippen LogP contribution in [0, 0.1) is 0 Å². The molecule has 3 N–H and O–H groups in total. The van der Waals surface area contributed by atoms with Gasteiger partial charge in [-0.15, -0.1) is 0 Å². The van der Waals surface area contributed by atoms with Crippen molar-refractivity contribution in [1.82, 2.24) is 0 Å². The molecule has 0 unspecified atom stereocenters. The van der Waals surface area contributed by atoms with Gasteiger partial charge in [0.25, 0.3) is 0 Å². The predicted octanol–water partition coefficient (Wildman–Crippen LogP) is 2.67. The monoisotopic (exact) mass is 317 g/mol. The lowest BCUT2D eigenvalue weighted by molar-refractivity contribution is 0.269. The van der Waals surface area contributed by atoms with E-state index >= 15 is 0 Å². The molecule has 5 heteroatoms. The average Bonchev–Trinajstić information content (AvgIpc) is 2.60. The zero-order valence-corrected chi connectivity index (χ0v) is 13.5. The largest absolute Gasteiger partial charge is 0.493 e. The zero-order chi connectivity index (χ0) is 16.7. The molecule has 0 aliphatic carbocycles. The molecule has 0 amide bonds. The summed E-state index contributed by atoms with van der Waals surface area (Å²) in [4.78, 5) is 0. The smallest absolute Gasteiger partial charge is 0.164 e. The Kier molecular flexibility index (Phi) is 6.26. The first-order valence-electron chi connectivity index (χ1n) is 7.48. The number of hydrogen-bond donors (Lipinski definition) is 2. The summed E-state index contributed by atoms with van der Waals surface area (Å²) in [7, 11) is 3.15.